The highest BCUT2D eigenvalue weighted by Crippen LogP contribution is 2.14. The number of nitrogens with one attached hydrogen (secondary N) is 1. The molecule has 1 atom stereocenters. The molecule has 1 heterocycles. The van der Waals surface area contributed by atoms with E-state index in [4.69, 9.17) is 0 Å². The minimum atomic E-state index is 0.180. The molecule has 3 nitrogen and oxygen atoms in total. The van der Waals surface area contributed by atoms with Crippen LogP contribution in [-0.4, -0.2) is 37.5 Å². The summed E-state index contributed by atoms with van der Waals surface area (Å²) in [6.07, 6.45) is 3.07. The summed E-state index contributed by atoms with van der Waals surface area (Å²) in [6, 6.07) is 10.3. The van der Waals surface area contributed by atoms with E-state index in [-0.39, 0.29) is 11.8 Å². The van der Waals surface area contributed by atoms with Gasteiger partial charge in [-0.1, -0.05) is 30.3 Å². The highest BCUT2D eigenvalue weighted by Gasteiger charge is 2.23. The molecule has 1 aromatic carbocycles. The first kappa shape index (κ1) is 13.1. The van der Waals surface area contributed by atoms with Crippen molar-refractivity contribution in [2.24, 2.45) is 5.92 Å². The Morgan fingerprint density at radius 2 is 2.17 bits per heavy atom. The lowest BCUT2D eigenvalue weighted by Gasteiger charge is -2.28. The second-order valence-corrected chi connectivity index (χ2v) is 5.13. The number of hydrogen-bond acceptors (Lipinski definition) is 2. The van der Waals surface area contributed by atoms with Crippen molar-refractivity contribution in [3.05, 3.63) is 35.9 Å². The topological polar surface area (TPSA) is 32.3 Å². The fraction of sp³-hybridized carbons (Fsp3) is 0.533. The predicted octanol–water partition coefficient (Wildman–Crippen LogP) is 1.69. The third-order valence-corrected chi connectivity index (χ3v) is 3.55. The Morgan fingerprint density at radius 3 is 2.89 bits per heavy atom. The van der Waals surface area contributed by atoms with Crippen molar-refractivity contribution in [3.63, 3.8) is 0 Å². The zero-order valence-corrected chi connectivity index (χ0v) is 11.1. The van der Waals surface area contributed by atoms with Crippen molar-refractivity contribution in [1.82, 2.24) is 10.2 Å². The predicted molar refractivity (Wildman–Crippen MR) is 73.4 cm³/mol. The van der Waals surface area contributed by atoms with Gasteiger partial charge in [0.15, 0.2) is 0 Å². The van der Waals surface area contributed by atoms with Gasteiger partial charge in [0.25, 0.3) is 0 Å². The first-order valence-electron chi connectivity index (χ1n) is 6.76. The number of benzene rings is 1. The molecular formula is C15H22N2O. The van der Waals surface area contributed by atoms with Gasteiger partial charge in [-0.25, -0.2) is 0 Å². The lowest BCUT2D eigenvalue weighted by Crippen LogP contribution is -2.41. The van der Waals surface area contributed by atoms with Crippen molar-refractivity contribution in [3.8, 4) is 0 Å². The minimum Gasteiger partial charge on any atom is -0.355 e. The van der Waals surface area contributed by atoms with E-state index in [0.29, 0.717) is 0 Å². The second kappa shape index (κ2) is 6.55. The van der Waals surface area contributed by atoms with Crippen LogP contribution in [0.2, 0.25) is 0 Å². The first-order valence-corrected chi connectivity index (χ1v) is 6.76. The van der Waals surface area contributed by atoms with Crippen LogP contribution >= 0.6 is 0 Å². The molecular weight excluding hydrogens is 224 g/mol. The van der Waals surface area contributed by atoms with Crippen LogP contribution in [0.3, 0.4) is 0 Å². The third kappa shape index (κ3) is 3.84. The van der Waals surface area contributed by atoms with Gasteiger partial charge in [0.05, 0.1) is 5.92 Å². The van der Waals surface area contributed by atoms with Crippen molar-refractivity contribution in [2.75, 3.05) is 26.7 Å². The lowest BCUT2D eigenvalue weighted by molar-refractivity contribution is -0.126. The van der Waals surface area contributed by atoms with Crippen molar-refractivity contribution >= 4 is 5.91 Å². The van der Waals surface area contributed by atoms with E-state index < -0.39 is 0 Å². The molecule has 0 saturated carbocycles. The fourth-order valence-electron chi connectivity index (χ4n) is 2.50. The summed E-state index contributed by atoms with van der Waals surface area (Å²) in [6.45, 7) is 2.76. The number of likely N-dealkylation sites (tertiary alicyclic amines) is 1. The first-order chi connectivity index (χ1) is 8.75. The standard InChI is InChI=1S/C15H22N2O/c1-17-11-5-8-14(12-17)15(18)16-10-9-13-6-3-2-4-7-13/h2-4,6-7,14H,5,8-12H2,1H3,(H,16,18)/t14-/m0/s1. The van der Waals surface area contributed by atoms with Gasteiger partial charge in [-0.2, -0.15) is 0 Å². The number of piperidine rings is 1. The van der Waals surface area contributed by atoms with E-state index in [2.05, 4.69) is 29.4 Å². The minimum absolute atomic E-state index is 0.180. The maximum Gasteiger partial charge on any atom is 0.224 e. The number of nitrogens with zero attached hydrogens (tertiary/aromatic N) is 1. The van der Waals surface area contributed by atoms with Crippen LogP contribution in [0.4, 0.5) is 0 Å². The summed E-state index contributed by atoms with van der Waals surface area (Å²) in [4.78, 5) is 14.2. The molecule has 18 heavy (non-hydrogen) atoms. The Morgan fingerprint density at radius 1 is 1.39 bits per heavy atom. The average Bonchev–Trinajstić information content (AvgIpc) is 2.40. The smallest absolute Gasteiger partial charge is 0.224 e. The van der Waals surface area contributed by atoms with E-state index in [9.17, 15) is 4.79 Å². The molecule has 0 unspecified atom stereocenters. The molecule has 0 bridgehead atoms. The van der Waals surface area contributed by atoms with Crippen molar-refractivity contribution in [1.29, 1.82) is 0 Å². The Hall–Kier alpha value is -1.35. The Bertz CT molecular complexity index is 377. The fourth-order valence-corrected chi connectivity index (χ4v) is 2.50. The van der Waals surface area contributed by atoms with E-state index in [1.165, 1.54) is 5.56 Å². The monoisotopic (exact) mass is 246 g/mol. The van der Waals surface area contributed by atoms with Crippen LogP contribution < -0.4 is 5.32 Å². The molecule has 1 saturated heterocycles. The second-order valence-electron chi connectivity index (χ2n) is 5.13. The van der Waals surface area contributed by atoms with Gasteiger partial charge in [-0.15, -0.1) is 0 Å². The van der Waals surface area contributed by atoms with Crippen LogP contribution in [0.15, 0.2) is 30.3 Å². The van der Waals surface area contributed by atoms with Crippen LogP contribution in [0.5, 0.6) is 0 Å². The number of carbonyl (C=O) groups is 1. The quantitative estimate of drug-likeness (QED) is 0.877. The molecule has 0 aromatic heterocycles. The maximum atomic E-state index is 12.0. The van der Waals surface area contributed by atoms with Gasteiger partial charge in [0.2, 0.25) is 5.91 Å². The van der Waals surface area contributed by atoms with E-state index in [0.717, 1.165) is 38.9 Å². The summed E-state index contributed by atoms with van der Waals surface area (Å²) in [7, 11) is 2.09. The molecule has 2 rings (SSSR count). The van der Waals surface area contributed by atoms with Crippen LogP contribution in [0, 0.1) is 5.92 Å². The van der Waals surface area contributed by atoms with Gasteiger partial charge in [0.1, 0.15) is 0 Å². The number of carbonyl (C=O) groups excluding carboxylic acids is 1. The summed E-state index contributed by atoms with van der Waals surface area (Å²) < 4.78 is 0. The van der Waals surface area contributed by atoms with Crippen molar-refractivity contribution in [2.45, 2.75) is 19.3 Å². The van der Waals surface area contributed by atoms with Gasteiger partial charge < -0.3 is 10.2 Å². The molecule has 98 valence electrons. The van der Waals surface area contributed by atoms with Crippen LogP contribution in [0.1, 0.15) is 18.4 Å². The highest BCUT2D eigenvalue weighted by atomic mass is 16.1. The van der Waals surface area contributed by atoms with E-state index in [1.807, 2.05) is 18.2 Å². The Kier molecular flexibility index (Phi) is 4.76. The number of rotatable bonds is 4. The summed E-state index contributed by atoms with van der Waals surface area (Å²) in [5, 5.41) is 3.06. The average molecular weight is 246 g/mol. The van der Waals surface area contributed by atoms with Gasteiger partial charge in [0, 0.05) is 13.1 Å². The molecule has 0 radical (unpaired) electrons. The van der Waals surface area contributed by atoms with Gasteiger partial charge in [-0.3, -0.25) is 4.79 Å². The molecule has 1 aromatic rings. The number of amides is 1. The van der Waals surface area contributed by atoms with Gasteiger partial charge >= 0.3 is 0 Å². The van der Waals surface area contributed by atoms with Gasteiger partial charge in [-0.05, 0) is 38.4 Å². The lowest BCUT2D eigenvalue weighted by atomic mass is 9.97. The largest absolute Gasteiger partial charge is 0.355 e. The summed E-state index contributed by atoms with van der Waals surface area (Å²) >= 11 is 0. The summed E-state index contributed by atoms with van der Waals surface area (Å²) in [5.74, 6) is 0.400. The SMILES string of the molecule is CN1CCC[C@H](C(=O)NCCc2ccccc2)C1. The van der Waals surface area contributed by atoms with E-state index >= 15 is 0 Å². The Balaban J connectivity index is 1.71. The van der Waals surface area contributed by atoms with Crippen LogP contribution in [-0.2, 0) is 11.2 Å². The molecule has 1 N–H and O–H groups in total. The van der Waals surface area contributed by atoms with E-state index in [1.54, 1.807) is 0 Å². The molecule has 1 aliphatic heterocycles. The molecule has 1 aliphatic rings. The zero-order chi connectivity index (χ0) is 12.8. The highest BCUT2D eigenvalue weighted by molar-refractivity contribution is 5.78. The molecule has 3 heteroatoms. The normalized spacial score (nSPS) is 20.6. The number of hydrogen-bond donors (Lipinski definition) is 1. The third-order valence-electron chi connectivity index (χ3n) is 3.55. The van der Waals surface area contributed by atoms with Crippen molar-refractivity contribution < 1.29 is 4.79 Å². The molecule has 0 aliphatic carbocycles. The summed E-state index contributed by atoms with van der Waals surface area (Å²) in [5.41, 5.74) is 1.28. The molecule has 0 spiro atoms. The maximum absolute atomic E-state index is 12.0. The zero-order valence-electron chi connectivity index (χ0n) is 11.1. The van der Waals surface area contributed by atoms with Crippen LogP contribution in [0.25, 0.3) is 0 Å². The Labute approximate surface area is 109 Å². The molecule has 1 fully saturated rings. The molecule has 1 amide bonds.